The molecule has 0 radical (unpaired) electrons. The zero-order valence-electron chi connectivity index (χ0n) is 11.6. The number of rotatable bonds is 7. The first-order valence-electron chi connectivity index (χ1n) is 7.79. The fraction of sp³-hybridized carbons (Fsp3) is 1.00. The molecule has 1 N–H and O–H groups in total. The van der Waals surface area contributed by atoms with E-state index in [0.29, 0.717) is 11.7 Å². The maximum Gasteiger partial charge on any atom is 0.0708 e. The second kappa shape index (κ2) is 7.86. The van der Waals surface area contributed by atoms with Gasteiger partial charge in [-0.05, 0) is 45.1 Å². The van der Waals surface area contributed by atoms with E-state index in [1.165, 1.54) is 64.2 Å². The van der Waals surface area contributed by atoms with E-state index in [4.69, 9.17) is 4.74 Å². The van der Waals surface area contributed by atoms with Crippen molar-refractivity contribution >= 4 is 15.9 Å². The number of hydrogen-bond donors (Lipinski definition) is 1. The van der Waals surface area contributed by atoms with Gasteiger partial charge in [0.2, 0.25) is 0 Å². The van der Waals surface area contributed by atoms with Gasteiger partial charge in [0, 0.05) is 11.9 Å². The van der Waals surface area contributed by atoms with Crippen molar-refractivity contribution in [2.24, 2.45) is 0 Å². The number of ether oxygens (including phenoxy) is 1. The van der Waals surface area contributed by atoms with Crippen LogP contribution in [0.5, 0.6) is 0 Å². The zero-order valence-corrected chi connectivity index (χ0v) is 13.1. The van der Waals surface area contributed by atoms with Gasteiger partial charge in [-0.2, -0.15) is 0 Å². The lowest BCUT2D eigenvalue weighted by atomic mass is 9.83. The number of halogens is 1. The Morgan fingerprint density at radius 2 is 1.89 bits per heavy atom. The Morgan fingerprint density at radius 3 is 2.67 bits per heavy atom. The second-order valence-corrected chi connectivity index (χ2v) is 6.77. The third-order valence-corrected chi connectivity index (χ3v) is 5.02. The SMILES string of the molecule is BrCCCCCNCC1CCC2(CCCCC2)O1. The molecule has 2 aliphatic rings. The van der Waals surface area contributed by atoms with Crippen LogP contribution in [0, 0.1) is 0 Å². The van der Waals surface area contributed by atoms with Crippen molar-refractivity contribution in [3.05, 3.63) is 0 Å². The third-order valence-electron chi connectivity index (χ3n) is 4.46. The highest BCUT2D eigenvalue weighted by molar-refractivity contribution is 9.09. The molecule has 0 bridgehead atoms. The van der Waals surface area contributed by atoms with Crippen LogP contribution in [0.25, 0.3) is 0 Å². The van der Waals surface area contributed by atoms with E-state index >= 15 is 0 Å². The minimum Gasteiger partial charge on any atom is -0.370 e. The first-order chi connectivity index (χ1) is 8.85. The molecule has 106 valence electrons. The van der Waals surface area contributed by atoms with Gasteiger partial charge in [-0.15, -0.1) is 0 Å². The molecule has 1 atom stereocenters. The number of alkyl halides is 1. The van der Waals surface area contributed by atoms with Crippen LogP contribution in [-0.2, 0) is 4.74 Å². The maximum atomic E-state index is 6.35. The summed E-state index contributed by atoms with van der Waals surface area (Å²) in [4.78, 5) is 0. The van der Waals surface area contributed by atoms with Crippen LogP contribution in [0.3, 0.4) is 0 Å². The van der Waals surface area contributed by atoms with E-state index in [9.17, 15) is 0 Å². The molecule has 2 rings (SSSR count). The second-order valence-electron chi connectivity index (χ2n) is 5.98. The smallest absolute Gasteiger partial charge is 0.0708 e. The number of nitrogens with one attached hydrogen (secondary N) is 1. The van der Waals surface area contributed by atoms with Crippen LogP contribution in [0.2, 0.25) is 0 Å². The predicted octanol–water partition coefficient (Wildman–Crippen LogP) is 4.02. The standard InChI is InChI=1S/C15H28BrNO/c16-11-5-2-6-12-17-13-14-7-10-15(18-14)8-3-1-4-9-15/h14,17H,1-13H2. The molecule has 1 spiro atoms. The normalized spacial score (nSPS) is 26.8. The van der Waals surface area contributed by atoms with E-state index < -0.39 is 0 Å². The molecule has 3 heteroatoms. The van der Waals surface area contributed by atoms with Crippen molar-refractivity contribution in [1.29, 1.82) is 0 Å². The van der Waals surface area contributed by atoms with E-state index in [2.05, 4.69) is 21.2 Å². The summed E-state index contributed by atoms with van der Waals surface area (Å²) in [6.07, 6.45) is 13.8. The first kappa shape index (κ1) is 14.8. The van der Waals surface area contributed by atoms with E-state index in [1.807, 2.05) is 0 Å². The van der Waals surface area contributed by atoms with E-state index in [-0.39, 0.29) is 0 Å². The Kier molecular flexibility index (Phi) is 6.46. The van der Waals surface area contributed by atoms with Crippen LogP contribution >= 0.6 is 15.9 Å². The van der Waals surface area contributed by atoms with Crippen molar-refractivity contribution in [1.82, 2.24) is 5.32 Å². The molecule has 18 heavy (non-hydrogen) atoms. The fourth-order valence-corrected chi connectivity index (χ4v) is 3.78. The lowest BCUT2D eigenvalue weighted by Gasteiger charge is -2.33. The Labute approximate surface area is 120 Å². The highest BCUT2D eigenvalue weighted by Crippen LogP contribution is 2.41. The summed E-state index contributed by atoms with van der Waals surface area (Å²) < 4.78 is 6.35. The van der Waals surface area contributed by atoms with Gasteiger partial charge in [-0.1, -0.05) is 41.6 Å². The summed E-state index contributed by atoms with van der Waals surface area (Å²) in [5, 5.41) is 4.71. The highest BCUT2D eigenvalue weighted by Gasteiger charge is 2.40. The van der Waals surface area contributed by atoms with Crippen LogP contribution in [0.4, 0.5) is 0 Å². The van der Waals surface area contributed by atoms with Crippen LogP contribution in [0.15, 0.2) is 0 Å². The van der Waals surface area contributed by atoms with Crippen molar-refractivity contribution in [3.63, 3.8) is 0 Å². The molecule has 1 heterocycles. The van der Waals surface area contributed by atoms with Crippen LogP contribution < -0.4 is 5.32 Å². The summed E-state index contributed by atoms with van der Waals surface area (Å²) in [5.41, 5.74) is 0.292. The van der Waals surface area contributed by atoms with Gasteiger partial charge in [-0.25, -0.2) is 0 Å². The van der Waals surface area contributed by atoms with Gasteiger partial charge in [0.15, 0.2) is 0 Å². The van der Waals surface area contributed by atoms with Crippen molar-refractivity contribution < 1.29 is 4.74 Å². The molecule has 0 aromatic heterocycles. The van der Waals surface area contributed by atoms with E-state index in [0.717, 1.165) is 18.4 Å². The first-order valence-corrected chi connectivity index (χ1v) is 8.91. The predicted molar refractivity (Wildman–Crippen MR) is 80.4 cm³/mol. The molecule has 0 aromatic rings. The highest BCUT2D eigenvalue weighted by atomic mass is 79.9. The molecule has 1 saturated heterocycles. The molecule has 1 unspecified atom stereocenters. The summed E-state index contributed by atoms with van der Waals surface area (Å²) in [6, 6.07) is 0. The quantitative estimate of drug-likeness (QED) is 0.565. The third kappa shape index (κ3) is 4.50. The summed E-state index contributed by atoms with van der Waals surface area (Å²) in [6.45, 7) is 2.22. The van der Waals surface area contributed by atoms with Crippen molar-refractivity contribution in [3.8, 4) is 0 Å². The number of hydrogen-bond acceptors (Lipinski definition) is 2. The van der Waals surface area contributed by atoms with Gasteiger partial charge >= 0.3 is 0 Å². The molecule has 0 amide bonds. The van der Waals surface area contributed by atoms with Gasteiger partial charge in [-0.3, -0.25) is 0 Å². The fourth-order valence-electron chi connectivity index (χ4n) is 3.39. The molecule has 2 fully saturated rings. The number of unbranched alkanes of at least 4 members (excludes halogenated alkanes) is 2. The molecular formula is C15H28BrNO. The zero-order chi connectivity index (χ0) is 12.7. The summed E-state index contributed by atoms with van der Waals surface area (Å²) in [7, 11) is 0. The molecule has 1 aliphatic heterocycles. The molecule has 1 saturated carbocycles. The summed E-state index contributed by atoms with van der Waals surface area (Å²) >= 11 is 3.47. The average molecular weight is 318 g/mol. The molecule has 0 aromatic carbocycles. The van der Waals surface area contributed by atoms with Gasteiger partial charge in [0.1, 0.15) is 0 Å². The van der Waals surface area contributed by atoms with Crippen molar-refractivity contribution in [2.75, 3.05) is 18.4 Å². The average Bonchev–Trinajstić information content (AvgIpc) is 2.78. The topological polar surface area (TPSA) is 21.3 Å². The van der Waals surface area contributed by atoms with Crippen molar-refractivity contribution in [2.45, 2.75) is 75.9 Å². The maximum absolute atomic E-state index is 6.35. The van der Waals surface area contributed by atoms with Crippen LogP contribution in [0.1, 0.15) is 64.2 Å². The van der Waals surface area contributed by atoms with Gasteiger partial charge in [0.05, 0.1) is 11.7 Å². The molecule has 2 nitrogen and oxygen atoms in total. The van der Waals surface area contributed by atoms with E-state index in [1.54, 1.807) is 0 Å². The molecular weight excluding hydrogens is 290 g/mol. The molecule has 1 aliphatic carbocycles. The largest absolute Gasteiger partial charge is 0.370 e. The monoisotopic (exact) mass is 317 g/mol. The summed E-state index contributed by atoms with van der Waals surface area (Å²) in [5.74, 6) is 0. The Morgan fingerprint density at radius 1 is 1.06 bits per heavy atom. The minimum absolute atomic E-state index is 0.292. The van der Waals surface area contributed by atoms with Crippen LogP contribution in [-0.4, -0.2) is 30.1 Å². The lowest BCUT2D eigenvalue weighted by molar-refractivity contribution is -0.0623. The lowest BCUT2D eigenvalue weighted by Crippen LogP contribution is -2.34. The van der Waals surface area contributed by atoms with Gasteiger partial charge < -0.3 is 10.1 Å². The Bertz CT molecular complexity index is 229. The Hall–Kier alpha value is 0.400. The van der Waals surface area contributed by atoms with Gasteiger partial charge in [0.25, 0.3) is 0 Å². The minimum atomic E-state index is 0.292. The Balaban J connectivity index is 1.55.